The number of carbonyl (C=O) groups excluding carboxylic acids is 1. The third-order valence-corrected chi connectivity index (χ3v) is 1.98. The van der Waals surface area contributed by atoms with Gasteiger partial charge in [-0.1, -0.05) is 12.1 Å². The molecule has 1 atom stereocenters. The molecule has 0 saturated carbocycles. The van der Waals surface area contributed by atoms with Crippen LogP contribution in [0.2, 0.25) is 0 Å². The number of nitrogens with two attached hydrogens (primary N) is 1. The zero-order chi connectivity index (χ0) is 10.6. The molecule has 4 nitrogen and oxygen atoms in total. The highest BCUT2D eigenvalue weighted by Gasteiger charge is 2.11. The molecule has 1 rings (SSSR count). The molecule has 0 heterocycles. The number of nitrogens with one attached hydrogen (secondary N) is 1. The maximum Gasteiger partial charge on any atom is 0.237 e. The highest BCUT2D eigenvalue weighted by atomic mass is 35.5. The molecule has 1 aromatic carbocycles. The average molecular weight is 231 g/mol. The molecule has 0 aliphatic rings. The molecule has 0 aliphatic heterocycles. The van der Waals surface area contributed by atoms with E-state index in [0.717, 1.165) is 5.56 Å². The largest absolute Gasteiger partial charge is 0.508 e. The molecular formula is C10H15ClN2O2. The normalized spacial score (nSPS) is 11.3. The predicted molar refractivity (Wildman–Crippen MR) is 61.1 cm³/mol. The van der Waals surface area contributed by atoms with Crippen molar-refractivity contribution in [3.63, 3.8) is 0 Å². The van der Waals surface area contributed by atoms with Crippen LogP contribution in [0, 0.1) is 0 Å². The quantitative estimate of drug-likeness (QED) is 0.705. The SMILES string of the molecule is CNC(=O)[C@H](N)Cc1ccc(O)cc1.Cl. The lowest BCUT2D eigenvalue weighted by Crippen LogP contribution is -2.40. The molecule has 0 fully saturated rings. The Hall–Kier alpha value is -1.26. The second-order valence-electron chi connectivity index (χ2n) is 3.09. The summed E-state index contributed by atoms with van der Waals surface area (Å²) in [5.74, 6) is 0.0281. The van der Waals surface area contributed by atoms with Gasteiger partial charge < -0.3 is 16.2 Å². The lowest BCUT2D eigenvalue weighted by atomic mass is 10.1. The molecule has 84 valence electrons. The van der Waals surface area contributed by atoms with Gasteiger partial charge in [-0.15, -0.1) is 12.4 Å². The zero-order valence-corrected chi connectivity index (χ0v) is 9.25. The molecule has 0 unspecified atom stereocenters. The van der Waals surface area contributed by atoms with Gasteiger partial charge in [-0.05, 0) is 24.1 Å². The van der Waals surface area contributed by atoms with Crippen molar-refractivity contribution in [1.82, 2.24) is 5.32 Å². The van der Waals surface area contributed by atoms with E-state index in [-0.39, 0.29) is 24.1 Å². The average Bonchev–Trinajstić information content (AvgIpc) is 2.20. The number of phenolic OH excluding ortho intramolecular Hbond substituents is 1. The van der Waals surface area contributed by atoms with E-state index in [2.05, 4.69) is 5.32 Å². The van der Waals surface area contributed by atoms with Crippen molar-refractivity contribution < 1.29 is 9.90 Å². The first-order valence-electron chi connectivity index (χ1n) is 4.38. The number of phenols is 1. The first kappa shape index (κ1) is 13.7. The van der Waals surface area contributed by atoms with Crippen LogP contribution in [0.1, 0.15) is 5.56 Å². The summed E-state index contributed by atoms with van der Waals surface area (Å²) in [6, 6.07) is 6.11. The second kappa shape index (κ2) is 6.27. The summed E-state index contributed by atoms with van der Waals surface area (Å²) in [4.78, 5) is 11.1. The molecule has 0 aromatic heterocycles. The minimum absolute atomic E-state index is 0. The number of hydrogen-bond donors (Lipinski definition) is 3. The van der Waals surface area contributed by atoms with E-state index in [1.165, 1.54) is 0 Å². The summed E-state index contributed by atoms with van der Waals surface area (Å²) in [5, 5.41) is 11.5. The van der Waals surface area contributed by atoms with E-state index in [9.17, 15) is 4.79 Å². The Bertz CT molecular complexity index is 314. The van der Waals surface area contributed by atoms with Gasteiger partial charge in [-0.2, -0.15) is 0 Å². The van der Waals surface area contributed by atoms with Crippen LogP contribution in [0.25, 0.3) is 0 Å². The van der Waals surface area contributed by atoms with Crippen LogP contribution in [0.4, 0.5) is 0 Å². The van der Waals surface area contributed by atoms with Crippen LogP contribution >= 0.6 is 12.4 Å². The highest BCUT2D eigenvalue weighted by Crippen LogP contribution is 2.10. The van der Waals surface area contributed by atoms with Crippen LogP contribution in [-0.4, -0.2) is 24.1 Å². The van der Waals surface area contributed by atoms with E-state index < -0.39 is 6.04 Å². The highest BCUT2D eigenvalue weighted by molar-refractivity contribution is 5.85. The Morgan fingerprint density at radius 1 is 1.47 bits per heavy atom. The first-order chi connectivity index (χ1) is 6.63. The smallest absolute Gasteiger partial charge is 0.237 e. The van der Waals surface area contributed by atoms with Gasteiger partial charge in [0, 0.05) is 7.05 Å². The number of likely N-dealkylation sites (N-methyl/N-ethyl adjacent to an activating group) is 1. The number of hydrogen-bond acceptors (Lipinski definition) is 3. The Balaban J connectivity index is 0.00000196. The minimum Gasteiger partial charge on any atom is -0.508 e. The fourth-order valence-electron chi connectivity index (χ4n) is 1.16. The molecule has 15 heavy (non-hydrogen) atoms. The standard InChI is InChI=1S/C10H14N2O2.ClH/c1-12-10(14)9(11)6-7-2-4-8(13)5-3-7;/h2-5,9,13H,6,11H2,1H3,(H,12,14);1H/t9-;/m1./s1. The Morgan fingerprint density at radius 2 is 2.00 bits per heavy atom. The van der Waals surface area contributed by atoms with Gasteiger partial charge >= 0.3 is 0 Å². The molecular weight excluding hydrogens is 216 g/mol. The van der Waals surface area contributed by atoms with E-state index in [0.29, 0.717) is 6.42 Å². The van der Waals surface area contributed by atoms with E-state index in [1.807, 2.05) is 0 Å². The number of halogens is 1. The van der Waals surface area contributed by atoms with Crippen LogP contribution in [-0.2, 0) is 11.2 Å². The predicted octanol–water partition coefficient (Wildman–Crippen LogP) is 0.430. The maximum atomic E-state index is 11.1. The number of amides is 1. The minimum atomic E-state index is -0.537. The Morgan fingerprint density at radius 3 is 2.47 bits per heavy atom. The van der Waals surface area contributed by atoms with Crippen molar-refractivity contribution in [3.8, 4) is 5.75 Å². The fourth-order valence-corrected chi connectivity index (χ4v) is 1.16. The summed E-state index contributed by atoms with van der Waals surface area (Å²) in [5.41, 5.74) is 6.55. The molecule has 0 radical (unpaired) electrons. The van der Waals surface area contributed by atoms with Crippen molar-refractivity contribution >= 4 is 18.3 Å². The second-order valence-corrected chi connectivity index (χ2v) is 3.09. The topological polar surface area (TPSA) is 75.4 Å². The van der Waals surface area contributed by atoms with Gasteiger partial charge in [0.15, 0.2) is 0 Å². The summed E-state index contributed by atoms with van der Waals surface area (Å²) in [6.45, 7) is 0. The summed E-state index contributed by atoms with van der Waals surface area (Å²) >= 11 is 0. The Kier molecular flexibility index (Phi) is 5.74. The molecule has 0 bridgehead atoms. The lowest BCUT2D eigenvalue weighted by molar-refractivity contribution is -0.121. The van der Waals surface area contributed by atoms with E-state index in [1.54, 1.807) is 31.3 Å². The monoisotopic (exact) mass is 230 g/mol. The van der Waals surface area contributed by atoms with Crippen LogP contribution < -0.4 is 11.1 Å². The Labute approximate surface area is 94.9 Å². The third-order valence-electron chi connectivity index (χ3n) is 1.98. The maximum absolute atomic E-state index is 11.1. The van der Waals surface area contributed by atoms with Gasteiger partial charge in [0.25, 0.3) is 0 Å². The first-order valence-corrected chi connectivity index (χ1v) is 4.38. The molecule has 1 amide bonds. The van der Waals surface area contributed by atoms with Gasteiger partial charge in [0.05, 0.1) is 6.04 Å². The van der Waals surface area contributed by atoms with E-state index in [4.69, 9.17) is 10.8 Å². The number of carbonyl (C=O) groups is 1. The van der Waals surface area contributed by atoms with Crippen LogP contribution in [0.3, 0.4) is 0 Å². The summed E-state index contributed by atoms with van der Waals surface area (Å²) in [7, 11) is 1.55. The van der Waals surface area contributed by atoms with Crippen molar-refractivity contribution in [3.05, 3.63) is 29.8 Å². The lowest BCUT2D eigenvalue weighted by Gasteiger charge is -2.09. The van der Waals surface area contributed by atoms with Gasteiger partial charge in [-0.3, -0.25) is 4.79 Å². The van der Waals surface area contributed by atoms with Crippen molar-refractivity contribution in [1.29, 1.82) is 0 Å². The molecule has 4 N–H and O–H groups in total. The van der Waals surface area contributed by atoms with Crippen molar-refractivity contribution in [2.75, 3.05) is 7.05 Å². The van der Waals surface area contributed by atoms with Gasteiger partial charge in [-0.25, -0.2) is 0 Å². The number of rotatable bonds is 3. The van der Waals surface area contributed by atoms with Gasteiger partial charge in [0.1, 0.15) is 5.75 Å². The fraction of sp³-hybridized carbons (Fsp3) is 0.300. The molecule has 1 aromatic rings. The number of aromatic hydroxyl groups is 1. The van der Waals surface area contributed by atoms with E-state index >= 15 is 0 Å². The van der Waals surface area contributed by atoms with Gasteiger partial charge in [0.2, 0.25) is 5.91 Å². The molecule has 5 heteroatoms. The molecule has 0 saturated heterocycles. The van der Waals surface area contributed by atoms with Crippen LogP contribution in [0.5, 0.6) is 5.75 Å². The third kappa shape index (κ3) is 4.18. The number of benzene rings is 1. The summed E-state index contributed by atoms with van der Waals surface area (Å²) in [6.07, 6.45) is 0.472. The van der Waals surface area contributed by atoms with Crippen molar-refractivity contribution in [2.24, 2.45) is 5.73 Å². The summed E-state index contributed by atoms with van der Waals surface area (Å²) < 4.78 is 0. The van der Waals surface area contributed by atoms with Crippen molar-refractivity contribution in [2.45, 2.75) is 12.5 Å². The van der Waals surface area contributed by atoms with Crippen LogP contribution in [0.15, 0.2) is 24.3 Å². The molecule has 0 aliphatic carbocycles. The molecule has 0 spiro atoms. The zero-order valence-electron chi connectivity index (χ0n) is 8.43.